The van der Waals surface area contributed by atoms with E-state index in [0.717, 1.165) is 80.8 Å². The van der Waals surface area contributed by atoms with Crippen LogP contribution < -0.4 is 5.32 Å². The second-order valence-corrected chi connectivity index (χ2v) is 13.8. The number of ether oxygens (including phenoxy) is 2. The van der Waals surface area contributed by atoms with Gasteiger partial charge in [-0.15, -0.1) is 0 Å². The molecule has 0 radical (unpaired) electrons. The van der Waals surface area contributed by atoms with Gasteiger partial charge >= 0.3 is 6.18 Å². The van der Waals surface area contributed by atoms with Gasteiger partial charge in [0, 0.05) is 25.3 Å². The third-order valence-electron chi connectivity index (χ3n) is 9.41. The van der Waals surface area contributed by atoms with E-state index in [-0.39, 0.29) is 38.2 Å². The van der Waals surface area contributed by atoms with Crippen LogP contribution in [-0.4, -0.2) is 93.3 Å². The number of carbonyl (C=O) groups excluding carboxylic acids is 2. The highest BCUT2D eigenvalue weighted by molar-refractivity contribution is 5.79. The molecule has 8 atom stereocenters. The summed E-state index contributed by atoms with van der Waals surface area (Å²) < 4.78 is 76.1. The van der Waals surface area contributed by atoms with Gasteiger partial charge in [-0.05, 0) is 61.6 Å². The Hall–Kier alpha value is -3.05. The maximum atomic E-state index is 13.3. The van der Waals surface area contributed by atoms with E-state index in [2.05, 4.69) is 5.32 Å². The van der Waals surface area contributed by atoms with Crippen LogP contribution in [0.3, 0.4) is 0 Å². The number of carbonyl (C=O) groups is 2. The van der Waals surface area contributed by atoms with Crippen LogP contribution in [0.4, 0.5) is 22.0 Å². The van der Waals surface area contributed by atoms with E-state index in [4.69, 9.17) is 9.47 Å². The fourth-order valence-corrected chi connectivity index (χ4v) is 6.19. The van der Waals surface area contributed by atoms with Gasteiger partial charge in [-0.1, -0.05) is 56.7 Å². The third-order valence-corrected chi connectivity index (χ3v) is 9.41. The number of halogens is 5. The van der Waals surface area contributed by atoms with Crippen molar-refractivity contribution in [3.8, 4) is 0 Å². The highest BCUT2D eigenvalue weighted by Crippen LogP contribution is 2.29. The molecule has 0 aliphatic carbocycles. The molecule has 298 valence electrons. The largest absolute Gasteiger partial charge is 0.416 e. The Morgan fingerprint density at radius 1 is 0.830 bits per heavy atom. The zero-order valence-electron chi connectivity index (χ0n) is 29.8. The molecule has 1 amide bonds. The first-order valence-corrected chi connectivity index (χ1v) is 18.1. The molecule has 1 fully saturated rings. The van der Waals surface area contributed by atoms with Gasteiger partial charge in [0.05, 0.1) is 30.8 Å². The van der Waals surface area contributed by atoms with Crippen LogP contribution in [-0.2, 0) is 38.1 Å². The van der Waals surface area contributed by atoms with Crippen molar-refractivity contribution in [2.45, 2.75) is 133 Å². The summed E-state index contributed by atoms with van der Waals surface area (Å²) in [5, 5.41) is 54.5. The fraction of sp³-hybridized carbons (Fsp3) is 0.632. The lowest BCUT2D eigenvalue weighted by atomic mass is 9.92. The van der Waals surface area contributed by atoms with Crippen molar-refractivity contribution < 1.29 is 66.5 Å². The van der Waals surface area contributed by atoms with Crippen LogP contribution in [0.1, 0.15) is 87.8 Å². The first kappa shape index (κ1) is 44.3. The molecule has 2 aromatic rings. The number of aryl methyl sites for hydroxylation is 1. The lowest BCUT2D eigenvalue weighted by molar-refractivity contribution is -0.299. The molecular weight excluding hydrogens is 709 g/mol. The molecule has 1 aliphatic heterocycles. The number of hydrogen-bond acceptors (Lipinski definition) is 9. The van der Waals surface area contributed by atoms with Crippen LogP contribution in [0.25, 0.3) is 0 Å². The van der Waals surface area contributed by atoms with E-state index < -0.39 is 78.1 Å². The predicted octanol–water partition coefficient (Wildman–Crippen LogP) is 4.54. The van der Waals surface area contributed by atoms with E-state index in [0.29, 0.717) is 18.4 Å². The molecule has 1 saturated heterocycles. The van der Waals surface area contributed by atoms with Crippen molar-refractivity contribution in [1.29, 1.82) is 0 Å². The van der Waals surface area contributed by atoms with Gasteiger partial charge in [-0.25, -0.2) is 8.78 Å². The first-order chi connectivity index (χ1) is 25.1. The number of ketones is 1. The van der Waals surface area contributed by atoms with Gasteiger partial charge in [-0.2, -0.15) is 13.2 Å². The molecule has 0 saturated carbocycles. The Labute approximate surface area is 306 Å². The number of unbranched alkanes of at least 4 members (excludes halogenated alkanes) is 7. The highest BCUT2D eigenvalue weighted by atomic mass is 19.4. The van der Waals surface area contributed by atoms with Crippen LogP contribution in [0.2, 0.25) is 0 Å². The maximum Gasteiger partial charge on any atom is 0.416 e. The number of amides is 1. The molecule has 15 heteroatoms. The summed E-state index contributed by atoms with van der Waals surface area (Å²) in [5.74, 6) is -3.35. The number of alkyl halides is 3. The van der Waals surface area contributed by atoms with Gasteiger partial charge < -0.3 is 40.3 Å². The number of rotatable bonds is 22. The minimum absolute atomic E-state index is 0.137. The Morgan fingerprint density at radius 2 is 1.43 bits per heavy atom. The number of nitrogens with one attached hydrogen (secondary N) is 1. The minimum Gasteiger partial charge on any atom is -0.391 e. The number of aliphatic hydroxyl groups is 5. The molecule has 2 aromatic carbocycles. The van der Waals surface area contributed by atoms with Gasteiger partial charge in [0.25, 0.3) is 0 Å². The summed E-state index contributed by atoms with van der Waals surface area (Å²) in [7, 11) is 0. The zero-order valence-corrected chi connectivity index (χ0v) is 29.8. The molecule has 10 nitrogen and oxygen atoms in total. The van der Waals surface area contributed by atoms with Gasteiger partial charge in [0.2, 0.25) is 5.91 Å². The lowest BCUT2D eigenvalue weighted by Gasteiger charge is -2.41. The van der Waals surface area contributed by atoms with E-state index >= 15 is 0 Å². The lowest BCUT2D eigenvalue weighted by Crippen LogP contribution is -2.61. The minimum atomic E-state index is -4.52. The number of Topliss-reactive ketones (excluding diaryl/α,β-unsaturated/α-hetero) is 1. The van der Waals surface area contributed by atoms with Gasteiger partial charge in [-0.3, -0.25) is 9.59 Å². The molecule has 53 heavy (non-hydrogen) atoms. The van der Waals surface area contributed by atoms with Crippen molar-refractivity contribution in [2.24, 2.45) is 5.92 Å². The van der Waals surface area contributed by atoms with Crippen molar-refractivity contribution in [3.63, 3.8) is 0 Å². The number of hydrogen-bond donors (Lipinski definition) is 6. The quantitative estimate of drug-likeness (QED) is 0.0747. The van der Waals surface area contributed by atoms with Crippen molar-refractivity contribution in [3.05, 3.63) is 70.8 Å². The fourth-order valence-electron chi connectivity index (χ4n) is 6.19. The Kier molecular flexibility index (Phi) is 18.2. The molecule has 1 heterocycles. The van der Waals surface area contributed by atoms with Crippen molar-refractivity contribution in [2.75, 3.05) is 13.2 Å². The van der Waals surface area contributed by atoms with E-state index in [1.807, 2.05) is 0 Å². The average molecular weight is 762 g/mol. The molecule has 3 rings (SSSR count). The topological polar surface area (TPSA) is 166 Å². The smallest absolute Gasteiger partial charge is 0.391 e. The number of benzene rings is 2. The average Bonchev–Trinajstić information content (AvgIpc) is 3.11. The summed E-state index contributed by atoms with van der Waals surface area (Å²) in [6.45, 7) is 0.647. The predicted molar refractivity (Wildman–Crippen MR) is 183 cm³/mol. The summed E-state index contributed by atoms with van der Waals surface area (Å²) in [6.07, 6.45) is -7.23. The Bertz CT molecular complexity index is 1410. The SMILES string of the molecule is C[C@@H](O)[C@@H](O)[C@H](COC1OC(CNC(=O)Cc2ccc(C(F)(F)F)cc2)C(O)C(O)C1O)CC(=O)CCCCCCCCCCc1ccc(F)c(F)c1. The Balaban J connectivity index is 1.38. The van der Waals surface area contributed by atoms with Gasteiger partial charge in [0.15, 0.2) is 17.9 Å². The summed E-state index contributed by atoms with van der Waals surface area (Å²) >= 11 is 0. The van der Waals surface area contributed by atoms with Crippen molar-refractivity contribution >= 4 is 11.7 Å². The van der Waals surface area contributed by atoms with Crippen LogP contribution in [0.5, 0.6) is 0 Å². The summed E-state index contributed by atoms with van der Waals surface area (Å²) in [4.78, 5) is 25.3. The maximum absolute atomic E-state index is 13.3. The second kappa shape index (κ2) is 21.7. The molecule has 0 spiro atoms. The molecule has 0 bridgehead atoms. The molecule has 0 aromatic heterocycles. The monoisotopic (exact) mass is 761 g/mol. The van der Waals surface area contributed by atoms with E-state index in [1.54, 1.807) is 6.07 Å². The van der Waals surface area contributed by atoms with Crippen LogP contribution in [0.15, 0.2) is 42.5 Å². The van der Waals surface area contributed by atoms with Crippen molar-refractivity contribution in [1.82, 2.24) is 5.32 Å². The molecule has 1 aliphatic rings. The third kappa shape index (κ3) is 15.0. The van der Waals surface area contributed by atoms with Gasteiger partial charge in [0.1, 0.15) is 30.2 Å². The van der Waals surface area contributed by atoms with Crippen LogP contribution in [0, 0.1) is 17.6 Å². The normalized spacial score (nSPS) is 22.3. The second-order valence-electron chi connectivity index (χ2n) is 13.8. The molecular formula is C38H52F5NO9. The number of aliphatic hydroxyl groups excluding tert-OH is 5. The summed E-state index contributed by atoms with van der Waals surface area (Å²) in [6, 6.07) is 7.99. The highest BCUT2D eigenvalue weighted by Gasteiger charge is 2.45. The first-order valence-electron chi connectivity index (χ1n) is 18.1. The summed E-state index contributed by atoms with van der Waals surface area (Å²) in [5.41, 5.74) is 0.215. The Morgan fingerprint density at radius 3 is 2.04 bits per heavy atom. The molecule has 6 N–H and O–H groups in total. The standard InChI is InChI=1S/C38H52F5NO9/c1-23(45)33(48)26(20-28(46)11-9-7-5-3-2-4-6-8-10-24-14-17-29(39)30(40)18-24)22-52-37-36(51)35(50)34(49)31(53-37)21-44-32(47)19-25-12-15-27(16-13-25)38(41,42)43/h12-18,23,26,31,33-37,45,48-51H,2-11,19-22H2,1H3,(H,44,47)/t23-,26+,31?,33-,34?,35?,36?,37?/m1/s1. The molecule has 5 unspecified atom stereocenters. The van der Waals surface area contributed by atoms with E-state index in [1.165, 1.54) is 13.0 Å². The van der Waals surface area contributed by atoms with E-state index in [9.17, 15) is 57.1 Å². The zero-order chi connectivity index (χ0) is 39.1. The van der Waals surface area contributed by atoms with Crippen LogP contribution >= 0.6 is 0 Å².